The maximum atomic E-state index is 6.23. The van der Waals surface area contributed by atoms with E-state index >= 15 is 0 Å². The molecule has 1 N–H and O–H groups in total. The van der Waals surface area contributed by atoms with Crippen LogP contribution < -0.4 is 5.32 Å². The summed E-state index contributed by atoms with van der Waals surface area (Å²) in [6.45, 7) is 0. The molecule has 1 aromatic carbocycles. The average molecular weight is 321 g/mol. The van der Waals surface area contributed by atoms with Gasteiger partial charge in [-0.2, -0.15) is 0 Å². The molecule has 1 atom stereocenters. The molecular formula is C13H12Cl3NS. The smallest absolute Gasteiger partial charge is 0.0931 e. The van der Waals surface area contributed by atoms with E-state index in [0.717, 1.165) is 16.3 Å². The molecule has 0 aliphatic carbocycles. The van der Waals surface area contributed by atoms with Gasteiger partial charge in [-0.05, 0) is 36.9 Å². The van der Waals surface area contributed by atoms with E-state index in [0.29, 0.717) is 10.0 Å². The predicted octanol–water partition coefficient (Wildman–Crippen LogP) is 5.21. The zero-order valence-corrected chi connectivity index (χ0v) is 12.8. The third-order valence-electron chi connectivity index (χ3n) is 2.72. The minimum atomic E-state index is 0.157. The van der Waals surface area contributed by atoms with Crippen LogP contribution in [0.5, 0.6) is 0 Å². The predicted molar refractivity (Wildman–Crippen MR) is 81.3 cm³/mol. The van der Waals surface area contributed by atoms with Crippen LogP contribution in [0.4, 0.5) is 0 Å². The lowest BCUT2D eigenvalue weighted by molar-refractivity contribution is 0.597. The van der Waals surface area contributed by atoms with Crippen LogP contribution in [0.2, 0.25) is 14.4 Å². The number of halogens is 3. The van der Waals surface area contributed by atoms with E-state index in [9.17, 15) is 0 Å². The van der Waals surface area contributed by atoms with Crippen molar-refractivity contribution in [3.8, 4) is 0 Å². The third-order valence-corrected chi connectivity index (χ3v) is 4.54. The summed E-state index contributed by atoms with van der Waals surface area (Å²) in [4.78, 5) is 1.23. The molecule has 0 saturated carbocycles. The number of thiophene rings is 1. The molecule has 18 heavy (non-hydrogen) atoms. The van der Waals surface area contributed by atoms with Crippen LogP contribution in [0.15, 0.2) is 30.3 Å². The van der Waals surface area contributed by atoms with E-state index in [4.69, 9.17) is 34.8 Å². The van der Waals surface area contributed by atoms with E-state index in [1.54, 1.807) is 17.4 Å². The van der Waals surface area contributed by atoms with Crippen molar-refractivity contribution in [2.45, 2.75) is 12.5 Å². The first kappa shape index (κ1) is 14.2. The molecule has 0 aliphatic rings. The summed E-state index contributed by atoms with van der Waals surface area (Å²) in [5.41, 5.74) is 1.05. The van der Waals surface area contributed by atoms with Gasteiger partial charge < -0.3 is 5.32 Å². The monoisotopic (exact) mass is 319 g/mol. The van der Waals surface area contributed by atoms with E-state index in [1.165, 1.54) is 4.88 Å². The molecule has 0 bridgehead atoms. The van der Waals surface area contributed by atoms with Gasteiger partial charge in [0.05, 0.1) is 4.34 Å². The lowest BCUT2D eigenvalue weighted by Gasteiger charge is -2.17. The Balaban J connectivity index is 2.22. The van der Waals surface area contributed by atoms with Crippen LogP contribution in [-0.2, 0) is 6.42 Å². The number of hydrogen-bond donors (Lipinski definition) is 1. The molecule has 1 heterocycles. The maximum Gasteiger partial charge on any atom is 0.0931 e. The van der Waals surface area contributed by atoms with Crippen LogP contribution in [0.3, 0.4) is 0 Å². The molecule has 5 heteroatoms. The molecule has 0 aliphatic heterocycles. The summed E-state index contributed by atoms with van der Waals surface area (Å²) in [6.07, 6.45) is 0.856. The van der Waals surface area contributed by atoms with Gasteiger partial charge in [0.1, 0.15) is 0 Å². The van der Waals surface area contributed by atoms with Gasteiger partial charge in [0.25, 0.3) is 0 Å². The van der Waals surface area contributed by atoms with Crippen molar-refractivity contribution in [3.05, 3.63) is 55.2 Å². The molecule has 2 aromatic rings. The van der Waals surface area contributed by atoms with Gasteiger partial charge in [0, 0.05) is 27.4 Å². The van der Waals surface area contributed by atoms with E-state index in [-0.39, 0.29) is 6.04 Å². The highest BCUT2D eigenvalue weighted by molar-refractivity contribution is 7.16. The first-order valence-corrected chi connectivity index (χ1v) is 7.41. The fourth-order valence-corrected chi connectivity index (χ4v) is 3.49. The summed E-state index contributed by atoms with van der Waals surface area (Å²) in [7, 11) is 1.92. The Morgan fingerprint density at radius 1 is 1.17 bits per heavy atom. The second kappa shape index (κ2) is 6.27. The van der Waals surface area contributed by atoms with Crippen molar-refractivity contribution < 1.29 is 0 Å². The molecule has 1 nitrogen and oxygen atoms in total. The van der Waals surface area contributed by atoms with E-state index in [1.807, 2.05) is 31.3 Å². The van der Waals surface area contributed by atoms with Crippen molar-refractivity contribution in [2.24, 2.45) is 0 Å². The van der Waals surface area contributed by atoms with Gasteiger partial charge in [0.2, 0.25) is 0 Å². The molecule has 0 radical (unpaired) electrons. The van der Waals surface area contributed by atoms with Crippen molar-refractivity contribution >= 4 is 46.1 Å². The van der Waals surface area contributed by atoms with Gasteiger partial charge in [-0.3, -0.25) is 0 Å². The SMILES string of the molecule is CNC(Cc1ccc(Cl)s1)c1ccc(Cl)cc1Cl. The van der Waals surface area contributed by atoms with Crippen LogP contribution in [0.25, 0.3) is 0 Å². The Labute approximate surface area is 126 Å². The largest absolute Gasteiger partial charge is 0.313 e. The highest BCUT2D eigenvalue weighted by Gasteiger charge is 2.14. The average Bonchev–Trinajstić information content (AvgIpc) is 2.72. The Morgan fingerprint density at radius 2 is 1.94 bits per heavy atom. The third kappa shape index (κ3) is 3.40. The summed E-state index contributed by atoms with van der Waals surface area (Å²) in [5.74, 6) is 0. The number of benzene rings is 1. The maximum absolute atomic E-state index is 6.23. The molecule has 0 amide bonds. The Kier molecular flexibility index (Phi) is 4.93. The van der Waals surface area contributed by atoms with Crippen molar-refractivity contribution in [2.75, 3.05) is 7.05 Å². The second-order valence-electron chi connectivity index (χ2n) is 3.92. The van der Waals surface area contributed by atoms with Gasteiger partial charge in [0.15, 0.2) is 0 Å². The van der Waals surface area contributed by atoms with Crippen LogP contribution >= 0.6 is 46.1 Å². The standard InChI is InChI=1S/C13H12Cl3NS/c1-17-12(7-9-3-5-13(16)18-9)10-4-2-8(14)6-11(10)15/h2-6,12,17H,7H2,1H3. The Bertz CT molecular complexity index is 539. The first-order chi connectivity index (χ1) is 8.60. The zero-order chi connectivity index (χ0) is 13.1. The minimum absolute atomic E-state index is 0.157. The number of rotatable bonds is 4. The van der Waals surface area contributed by atoms with E-state index < -0.39 is 0 Å². The van der Waals surface area contributed by atoms with Gasteiger partial charge in [-0.1, -0.05) is 40.9 Å². The van der Waals surface area contributed by atoms with Crippen LogP contribution in [-0.4, -0.2) is 7.05 Å². The first-order valence-electron chi connectivity index (χ1n) is 5.46. The lowest BCUT2D eigenvalue weighted by atomic mass is 10.0. The fraction of sp³-hybridized carbons (Fsp3) is 0.231. The molecule has 96 valence electrons. The summed E-state index contributed by atoms with van der Waals surface area (Å²) in [5, 5.41) is 4.61. The summed E-state index contributed by atoms with van der Waals surface area (Å²) < 4.78 is 0.807. The van der Waals surface area contributed by atoms with Crippen molar-refractivity contribution in [1.29, 1.82) is 0 Å². The topological polar surface area (TPSA) is 12.0 Å². The lowest BCUT2D eigenvalue weighted by Crippen LogP contribution is -2.18. The number of nitrogens with one attached hydrogen (secondary N) is 1. The fourth-order valence-electron chi connectivity index (χ4n) is 1.81. The molecular weight excluding hydrogens is 309 g/mol. The molecule has 2 rings (SSSR count). The highest BCUT2D eigenvalue weighted by atomic mass is 35.5. The molecule has 0 spiro atoms. The molecule has 1 unspecified atom stereocenters. The van der Waals surface area contributed by atoms with Gasteiger partial charge >= 0.3 is 0 Å². The van der Waals surface area contributed by atoms with E-state index in [2.05, 4.69) is 5.32 Å². The Morgan fingerprint density at radius 3 is 2.50 bits per heavy atom. The minimum Gasteiger partial charge on any atom is -0.313 e. The molecule has 0 saturated heterocycles. The molecule has 0 fully saturated rings. The van der Waals surface area contributed by atoms with Crippen molar-refractivity contribution in [1.82, 2.24) is 5.32 Å². The Hall–Kier alpha value is -0.250. The zero-order valence-electron chi connectivity index (χ0n) is 9.71. The normalized spacial score (nSPS) is 12.7. The highest BCUT2D eigenvalue weighted by Crippen LogP contribution is 2.31. The number of hydrogen-bond acceptors (Lipinski definition) is 2. The van der Waals surface area contributed by atoms with Gasteiger partial charge in [-0.25, -0.2) is 0 Å². The molecule has 1 aromatic heterocycles. The number of likely N-dealkylation sites (N-methyl/N-ethyl adjacent to an activating group) is 1. The van der Waals surface area contributed by atoms with Crippen molar-refractivity contribution in [3.63, 3.8) is 0 Å². The van der Waals surface area contributed by atoms with Crippen LogP contribution in [0.1, 0.15) is 16.5 Å². The van der Waals surface area contributed by atoms with Gasteiger partial charge in [-0.15, -0.1) is 11.3 Å². The second-order valence-corrected chi connectivity index (χ2v) is 6.56. The quantitative estimate of drug-likeness (QED) is 0.815. The van der Waals surface area contributed by atoms with Crippen LogP contribution in [0, 0.1) is 0 Å². The summed E-state index contributed by atoms with van der Waals surface area (Å²) >= 11 is 19.7. The summed E-state index contributed by atoms with van der Waals surface area (Å²) in [6, 6.07) is 9.70.